The van der Waals surface area contributed by atoms with Gasteiger partial charge in [-0.25, -0.2) is 20.8 Å². The monoisotopic (exact) mass is 312 g/mol. The molecule has 11 heteroatoms. The Morgan fingerprint density at radius 1 is 1.36 bits per heavy atom. The molecule has 6 N–H and O–H groups in total. The van der Waals surface area contributed by atoms with Gasteiger partial charge in [0.25, 0.3) is 0 Å². The van der Waals surface area contributed by atoms with E-state index >= 15 is 0 Å². The van der Waals surface area contributed by atoms with Gasteiger partial charge in [-0.3, -0.25) is 9.40 Å². The van der Waals surface area contributed by atoms with Gasteiger partial charge in [0.05, 0.1) is 12.9 Å². The van der Waals surface area contributed by atoms with Gasteiger partial charge in [-0.15, -0.1) is 0 Å². The van der Waals surface area contributed by atoms with Crippen LogP contribution in [0.1, 0.15) is 6.23 Å². The Kier molecular flexibility index (Phi) is 4.15. The first kappa shape index (κ1) is 15.0. The van der Waals surface area contributed by atoms with Crippen LogP contribution in [0, 0.1) is 0 Å². The van der Waals surface area contributed by atoms with Crippen LogP contribution in [0.25, 0.3) is 11.2 Å². The second-order valence-electron chi connectivity index (χ2n) is 4.74. The minimum Gasteiger partial charge on any atom is -0.394 e. The predicted octanol–water partition coefficient (Wildman–Crippen LogP) is -2.11. The zero-order chi connectivity index (χ0) is 15.7. The van der Waals surface area contributed by atoms with E-state index in [0.717, 1.165) is 0 Å². The smallest absolute Gasteiger partial charge is 0.167 e. The summed E-state index contributed by atoms with van der Waals surface area (Å²) < 4.78 is 12.5. The molecule has 1 saturated heterocycles. The number of aliphatic hydroxyl groups is 2. The maximum absolute atomic E-state index is 10.2. The molecule has 0 spiro atoms. The number of ether oxygens (including phenoxy) is 2. The summed E-state index contributed by atoms with van der Waals surface area (Å²) in [5.41, 5.74) is 6.57. The molecule has 0 aromatic carbocycles. The van der Waals surface area contributed by atoms with Crippen LogP contribution in [-0.4, -0.2) is 61.4 Å². The number of hydrogen-bond donors (Lipinski definition) is 4. The van der Waals surface area contributed by atoms with Gasteiger partial charge in [0.1, 0.15) is 30.2 Å². The van der Waals surface area contributed by atoms with Gasteiger partial charge >= 0.3 is 0 Å². The molecular formula is C11H16N6O5. The molecule has 0 bridgehead atoms. The number of rotatable bonds is 5. The van der Waals surface area contributed by atoms with Crippen LogP contribution in [0.5, 0.6) is 0 Å². The van der Waals surface area contributed by atoms with Gasteiger partial charge in [-0.2, -0.15) is 0 Å². The highest BCUT2D eigenvalue weighted by atomic mass is 16.7. The molecule has 0 radical (unpaired) electrons. The predicted molar refractivity (Wildman–Crippen MR) is 71.8 cm³/mol. The molecule has 0 saturated carbocycles. The number of nitrogen functional groups attached to an aromatic ring is 1. The van der Waals surface area contributed by atoms with Gasteiger partial charge in [0.2, 0.25) is 0 Å². The molecule has 22 heavy (non-hydrogen) atoms. The number of fused-ring (bicyclic) bond motifs is 1. The minimum atomic E-state index is -1.07. The Morgan fingerprint density at radius 3 is 2.91 bits per heavy atom. The lowest BCUT2D eigenvalue weighted by molar-refractivity contribution is -0.139. The fraction of sp³-hybridized carbons (Fsp3) is 0.545. The molecule has 2 unspecified atom stereocenters. The Hall–Kier alpha value is -1.89. The highest BCUT2D eigenvalue weighted by molar-refractivity contribution is 5.81. The van der Waals surface area contributed by atoms with Gasteiger partial charge in [-0.05, 0) is 0 Å². The van der Waals surface area contributed by atoms with Crippen molar-refractivity contribution in [2.45, 2.75) is 24.5 Å². The van der Waals surface area contributed by atoms with Crippen molar-refractivity contribution in [1.29, 1.82) is 0 Å². The van der Waals surface area contributed by atoms with E-state index in [1.165, 1.54) is 12.7 Å². The normalized spacial score (nSPS) is 28.5. The van der Waals surface area contributed by atoms with Gasteiger partial charge in [0.15, 0.2) is 24.5 Å². The van der Waals surface area contributed by atoms with Gasteiger partial charge in [0, 0.05) is 0 Å². The molecule has 1 aliphatic rings. The van der Waals surface area contributed by atoms with Gasteiger partial charge in [-0.1, -0.05) is 0 Å². The molecule has 0 amide bonds. The fourth-order valence-corrected chi connectivity index (χ4v) is 2.45. The molecule has 11 nitrogen and oxygen atoms in total. The molecular weight excluding hydrogens is 296 g/mol. The van der Waals surface area contributed by atoms with Crippen LogP contribution in [0.2, 0.25) is 0 Å². The van der Waals surface area contributed by atoms with E-state index in [1.807, 2.05) is 0 Å². The quantitative estimate of drug-likeness (QED) is 0.355. The van der Waals surface area contributed by atoms with Crippen molar-refractivity contribution in [3.8, 4) is 0 Å². The third kappa shape index (κ3) is 2.39. The van der Waals surface area contributed by atoms with Crippen LogP contribution in [0.4, 0.5) is 5.82 Å². The first-order valence-electron chi connectivity index (χ1n) is 6.48. The van der Waals surface area contributed by atoms with Crippen molar-refractivity contribution in [2.75, 3.05) is 19.1 Å². The van der Waals surface area contributed by atoms with E-state index in [4.69, 9.17) is 21.1 Å². The van der Waals surface area contributed by atoms with Crippen molar-refractivity contribution in [2.24, 2.45) is 5.90 Å². The second-order valence-corrected chi connectivity index (χ2v) is 4.74. The lowest BCUT2D eigenvalue weighted by atomic mass is 10.1. The molecule has 4 atom stereocenters. The lowest BCUT2D eigenvalue weighted by Crippen LogP contribution is -2.36. The molecule has 2 aromatic rings. The van der Waals surface area contributed by atoms with E-state index in [1.54, 1.807) is 4.57 Å². The maximum atomic E-state index is 10.2. The number of aromatic nitrogens is 4. The van der Waals surface area contributed by atoms with Crippen molar-refractivity contribution in [3.63, 3.8) is 0 Å². The summed E-state index contributed by atoms with van der Waals surface area (Å²) in [6.45, 7) is -0.617. The third-order valence-corrected chi connectivity index (χ3v) is 3.48. The molecule has 3 heterocycles. The van der Waals surface area contributed by atoms with E-state index in [9.17, 15) is 10.2 Å². The molecule has 3 rings (SSSR count). The lowest BCUT2D eigenvalue weighted by Gasteiger charge is -2.21. The van der Waals surface area contributed by atoms with E-state index in [2.05, 4.69) is 19.8 Å². The van der Waals surface area contributed by atoms with Crippen LogP contribution in [0.3, 0.4) is 0 Å². The summed E-state index contributed by atoms with van der Waals surface area (Å²) in [6, 6.07) is 0. The fourth-order valence-electron chi connectivity index (χ4n) is 2.45. The van der Waals surface area contributed by atoms with Crippen molar-refractivity contribution < 1.29 is 24.5 Å². The number of nitrogens with two attached hydrogens (primary N) is 2. The summed E-state index contributed by atoms with van der Waals surface area (Å²) in [5, 5.41) is 19.5. The Balaban J connectivity index is 1.97. The molecule has 2 aromatic heterocycles. The average Bonchev–Trinajstić information content (AvgIpc) is 3.07. The minimum absolute atomic E-state index is 0.226. The molecule has 0 aliphatic carbocycles. The second kappa shape index (κ2) is 6.08. The summed E-state index contributed by atoms with van der Waals surface area (Å²) >= 11 is 0. The number of hydrogen-bond acceptors (Lipinski definition) is 10. The Morgan fingerprint density at radius 2 is 2.18 bits per heavy atom. The van der Waals surface area contributed by atoms with Crippen molar-refractivity contribution >= 4 is 17.0 Å². The number of anilines is 1. The summed E-state index contributed by atoms with van der Waals surface area (Å²) in [7, 11) is 0. The topological polar surface area (TPSA) is 164 Å². The van der Waals surface area contributed by atoms with E-state index in [-0.39, 0.29) is 19.2 Å². The highest BCUT2D eigenvalue weighted by Gasteiger charge is 2.46. The standard InChI is InChI=1S/C11H16N6O5/c12-9-6-10(15-2-14-9)17(3-16-6)11-8(20-4-21-13)7(19)5(1-18)22-11/h2-3,5,7-8,11,18-19H,1,4,13H2,(H2,12,14,15)/t5-,7?,8?,11-/m1/s1. The summed E-state index contributed by atoms with van der Waals surface area (Å²) in [4.78, 5) is 16.5. The summed E-state index contributed by atoms with van der Waals surface area (Å²) in [6.07, 6.45) is -0.738. The van der Waals surface area contributed by atoms with E-state index < -0.39 is 24.5 Å². The van der Waals surface area contributed by atoms with Crippen molar-refractivity contribution in [1.82, 2.24) is 19.5 Å². The molecule has 1 fully saturated rings. The first-order valence-corrected chi connectivity index (χ1v) is 6.48. The summed E-state index contributed by atoms with van der Waals surface area (Å²) in [5.74, 6) is 5.17. The van der Waals surface area contributed by atoms with Crippen molar-refractivity contribution in [3.05, 3.63) is 12.7 Å². The Labute approximate surface area is 124 Å². The maximum Gasteiger partial charge on any atom is 0.167 e. The first-order chi connectivity index (χ1) is 10.7. The third-order valence-electron chi connectivity index (χ3n) is 3.48. The van der Waals surface area contributed by atoms with Crippen LogP contribution in [-0.2, 0) is 14.3 Å². The Bertz CT molecular complexity index is 651. The van der Waals surface area contributed by atoms with Crippen LogP contribution in [0.15, 0.2) is 12.7 Å². The van der Waals surface area contributed by atoms with Gasteiger partial charge < -0.3 is 25.4 Å². The largest absolute Gasteiger partial charge is 0.394 e. The average molecular weight is 312 g/mol. The van der Waals surface area contributed by atoms with E-state index in [0.29, 0.717) is 11.2 Å². The van der Waals surface area contributed by atoms with Crippen LogP contribution >= 0.6 is 0 Å². The number of nitrogens with zero attached hydrogens (tertiary/aromatic N) is 4. The number of imidazole rings is 1. The molecule has 1 aliphatic heterocycles. The van der Waals surface area contributed by atoms with Crippen LogP contribution < -0.4 is 11.6 Å². The zero-order valence-electron chi connectivity index (χ0n) is 11.4. The number of aliphatic hydroxyl groups excluding tert-OH is 2. The SMILES string of the molecule is NOCOC1C(O)[C@@H](CO)O[C@H]1n1cnc2c(N)ncnc21. The highest BCUT2D eigenvalue weighted by Crippen LogP contribution is 2.33. The zero-order valence-corrected chi connectivity index (χ0v) is 11.4. The molecule has 120 valence electrons.